The number of aromatic nitrogens is 3. The van der Waals surface area contributed by atoms with E-state index in [1.807, 2.05) is 12.4 Å². The van der Waals surface area contributed by atoms with Crippen molar-refractivity contribution < 1.29 is 0 Å². The molecule has 0 bridgehead atoms. The third-order valence-electron chi connectivity index (χ3n) is 4.45. The lowest BCUT2D eigenvalue weighted by molar-refractivity contribution is 0.527. The first-order chi connectivity index (χ1) is 9.77. The Bertz CT molecular complexity index is 781. The summed E-state index contributed by atoms with van der Waals surface area (Å²) in [6, 6.07) is 4.48. The molecule has 3 aromatic rings. The second kappa shape index (κ2) is 4.21. The number of rotatable bonds is 1. The van der Waals surface area contributed by atoms with Crippen molar-refractivity contribution in [3.8, 4) is 11.1 Å². The molecule has 1 aliphatic heterocycles. The average molecular weight is 266 g/mol. The van der Waals surface area contributed by atoms with Crippen LogP contribution in [0.4, 0.5) is 0 Å². The Balaban J connectivity index is 2.15. The number of fused-ring (bicyclic) bond motifs is 3. The van der Waals surface area contributed by atoms with Gasteiger partial charge in [0.05, 0.1) is 11.7 Å². The summed E-state index contributed by atoms with van der Waals surface area (Å²) < 4.78 is 2.48. The van der Waals surface area contributed by atoms with Crippen molar-refractivity contribution in [3.05, 3.63) is 41.3 Å². The fourth-order valence-electron chi connectivity index (χ4n) is 3.31. The molecule has 0 saturated carbocycles. The fraction of sp³-hybridized carbons (Fsp3) is 0.312. The average Bonchev–Trinajstić information content (AvgIpc) is 3.08. The van der Waals surface area contributed by atoms with Crippen molar-refractivity contribution in [1.82, 2.24) is 20.1 Å². The van der Waals surface area contributed by atoms with Crippen LogP contribution in [0.15, 0.2) is 24.5 Å². The first-order valence-electron chi connectivity index (χ1n) is 7.08. The van der Waals surface area contributed by atoms with Gasteiger partial charge in [0.2, 0.25) is 0 Å². The maximum Gasteiger partial charge on any atom is 0.0566 e. The summed E-state index contributed by atoms with van der Waals surface area (Å²) in [6.45, 7) is 7.41. The predicted molar refractivity (Wildman–Crippen MR) is 80.7 cm³/mol. The summed E-state index contributed by atoms with van der Waals surface area (Å²) in [5.74, 6) is 0. The van der Waals surface area contributed by atoms with Gasteiger partial charge in [0.1, 0.15) is 0 Å². The van der Waals surface area contributed by atoms with Gasteiger partial charge in [0, 0.05) is 48.0 Å². The van der Waals surface area contributed by atoms with E-state index in [0.717, 1.165) is 19.6 Å². The Labute approximate surface area is 117 Å². The lowest BCUT2D eigenvalue weighted by Crippen LogP contribution is -2.28. The highest BCUT2D eigenvalue weighted by atomic mass is 15.1. The third kappa shape index (κ3) is 1.48. The number of aromatic amines is 1. The number of nitrogens with one attached hydrogen (secondary N) is 2. The Morgan fingerprint density at radius 1 is 1.25 bits per heavy atom. The Morgan fingerprint density at radius 2 is 2.15 bits per heavy atom. The Hall–Kier alpha value is -2.07. The number of hydrogen-bond donors (Lipinski definition) is 2. The molecule has 0 unspecified atom stereocenters. The van der Waals surface area contributed by atoms with Gasteiger partial charge in [0.15, 0.2) is 0 Å². The molecular weight excluding hydrogens is 248 g/mol. The molecular formula is C16H18N4. The van der Waals surface area contributed by atoms with Gasteiger partial charge in [-0.2, -0.15) is 5.10 Å². The van der Waals surface area contributed by atoms with Crippen molar-refractivity contribution in [3.63, 3.8) is 0 Å². The van der Waals surface area contributed by atoms with Crippen LogP contribution in [-0.2, 0) is 13.1 Å². The minimum atomic E-state index is 0.924. The topological polar surface area (TPSA) is 45.6 Å². The lowest BCUT2D eigenvalue weighted by Gasteiger charge is -2.19. The monoisotopic (exact) mass is 266 g/mol. The predicted octanol–water partition coefficient (Wildman–Crippen LogP) is 2.75. The summed E-state index contributed by atoms with van der Waals surface area (Å²) in [7, 11) is 0. The van der Waals surface area contributed by atoms with E-state index in [0.29, 0.717) is 0 Å². The van der Waals surface area contributed by atoms with E-state index in [1.54, 1.807) is 0 Å². The number of H-pyrrole nitrogens is 1. The standard InChI is InChI=1S/C16H18N4/c1-10-3-4-13-15(12-7-18-19-8-12)14-9-17-5-6-20(14)16(13)11(10)2/h3-4,7-8,17H,5-6,9H2,1-2H3,(H,18,19). The fourth-order valence-corrected chi connectivity index (χ4v) is 3.31. The summed E-state index contributed by atoms with van der Waals surface area (Å²) in [5.41, 5.74) is 8.01. The van der Waals surface area contributed by atoms with Gasteiger partial charge in [-0.3, -0.25) is 5.10 Å². The molecule has 102 valence electrons. The van der Waals surface area contributed by atoms with Crippen LogP contribution in [0.25, 0.3) is 22.0 Å². The summed E-state index contributed by atoms with van der Waals surface area (Å²) in [5, 5.41) is 11.9. The van der Waals surface area contributed by atoms with E-state index < -0.39 is 0 Å². The highest BCUT2D eigenvalue weighted by Crippen LogP contribution is 2.37. The van der Waals surface area contributed by atoms with E-state index in [2.05, 4.69) is 46.1 Å². The van der Waals surface area contributed by atoms with E-state index in [-0.39, 0.29) is 0 Å². The molecule has 4 heteroatoms. The molecule has 3 heterocycles. The van der Waals surface area contributed by atoms with Gasteiger partial charge in [0.25, 0.3) is 0 Å². The third-order valence-corrected chi connectivity index (χ3v) is 4.45. The van der Waals surface area contributed by atoms with Crippen molar-refractivity contribution in [2.24, 2.45) is 0 Å². The minimum absolute atomic E-state index is 0.924. The zero-order valence-electron chi connectivity index (χ0n) is 11.8. The molecule has 0 saturated heterocycles. The molecule has 0 radical (unpaired) electrons. The molecule has 4 nitrogen and oxygen atoms in total. The minimum Gasteiger partial charge on any atom is -0.341 e. The van der Waals surface area contributed by atoms with Gasteiger partial charge in [-0.15, -0.1) is 0 Å². The van der Waals surface area contributed by atoms with Crippen LogP contribution in [0.2, 0.25) is 0 Å². The van der Waals surface area contributed by atoms with Gasteiger partial charge < -0.3 is 9.88 Å². The number of benzene rings is 1. The molecule has 0 aliphatic carbocycles. The molecule has 2 aromatic heterocycles. The SMILES string of the molecule is Cc1ccc2c(-c3cn[nH]c3)c3n(c2c1C)CCNC3. The molecule has 0 fully saturated rings. The van der Waals surface area contributed by atoms with Gasteiger partial charge in [-0.25, -0.2) is 0 Å². The Morgan fingerprint density at radius 3 is 2.95 bits per heavy atom. The van der Waals surface area contributed by atoms with Crippen LogP contribution < -0.4 is 5.32 Å². The summed E-state index contributed by atoms with van der Waals surface area (Å²) in [6.07, 6.45) is 3.90. The normalized spacial score (nSPS) is 14.7. The molecule has 0 amide bonds. The molecule has 2 N–H and O–H groups in total. The van der Waals surface area contributed by atoms with Crippen LogP contribution in [0.1, 0.15) is 16.8 Å². The molecule has 0 atom stereocenters. The smallest absolute Gasteiger partial charge is 0.0566 e. The van der Waals surface area contributed by atoms with Gasteiger partial charge in [-0.1, -0.05) is 12.1 Å². The van der Waals surface area contributed by atoms with Crippen molar-refractivity contribution in [2.45, 2.75) is 26.9 Å². The maximum atomic E-state index is 4.12. The lowest BCUT2D eigenvalue weighted by atomic mass is 10.0. The number of aryl methyl sites for hydroxylation is 2. The van der Waals surface area contributed by atoms with Crippen LogP contribution >= 0.6 is 0 Å². The largest absolute Gasteiger partial charge is 0.341 e. The molecule has 4 rings (SSSR count). The van der Waals surface area contributed by atoms with Crippen LogP contribution in [0.5, 0.6) is 0 Å². The first kappa shape index (κ1) is 11.7. The maximum absolute atomic E-state index is 4.12. The van der Waals surface area contributed by atoms with E-state index in [4.69, 9.17) is 0 Å². The number of hydrogen-bond acceptors (Lipinski definition) is 2. The van der Waals surface area contributed by atoms with Crippen LogP contribution in [0, 0.1) is 13.8 Å². The summed E-state index contributed by atoms with van der Waals surface area (Å²) >= 11 is 0. The van der Waals surface area contributed by atoms with Crippen LogP contribution in [-0.4, -0.2) is 21.3 Å². The molecule has 0 spiro atoms. The zero-order valence-corrected chi connectivity index (χ0v) is 11.8. The highest BCUT2D eigenvalue weighted by Gasteiger charge is 2.22. The first-order valence-corrected chi connectivity index (χ1v) is 7.08. The molecule has 20 heavy (non-hydrogen) atoms. The Kier molecular flexibility index (Phi) is 2.47. The van der Waals surface area contributed by atoms with Crippen LogP contribution in [0.3, 0.4) is 0 Å². The molecule has 1 aromatic carbocycles. The van der Waals surface area contributed by atoms with E-state index >= 15 is 0 Å². The second-order valence-electron chi connectivity index (χ2n) is 5.54. The second-order valence-corrected chi connectivity index (χ2v) is 5.54. The van der Waals surface area contributed by atoms with Gasteiger partial charge >= 0.3 is 0 Å². The highest BCUT2D eigenvalue weighted by molar-refractivity contribution is 6.00. The van der Waals surface area contributed by atoms with Crippen molar-refractivity contribution in [2.75, 3.05) is 6.54 Å². The molecule has 1 aliphatic rings. The summed E-state index contributed by atoms with van der Waals surface area (Å²) in [4.78, 5) is 0. The van der Waals surface area contributed by atoms with Gasteiger partial charge in [-0.05, 0) is 25.0 Å². The van der Waals surface area contributed by atoms with Crippen molar-refractivity contribution >= 4 is 10.9 Å². The van der Waals surface area contributed by atoms with E-state index in [9.17, 15) is 0 Å². The van der Waals surface area contributed by atoms with E-state index in [1.165, 1.54) is 38.9 Å². The van der Waals surface area contributed by atoms with Crippen molar-refractivity contribution in [1.29, 1.82) is 0 Å². The quantitative estimate of drug-likeness (QED) is 0.711. The number of nitrogens with zero attached hydrogens (tertiary/aromatic N) is 2. The zero-order chi connectivity index (χ0) is 13.7.